The van der Waals surface area contributed by atoms with Gasteiger partial charge in [-0.1, -0.05) is 41.6 Å². The van der Waals surface area contributed by atoms with E-state index in [0.29, 0.717) is 13.2 Å². The molecule has 0 radical (unpaired) electrons. The van der Waals surface area contributed by atoms with Gasteiger partial charge < -0.3 is 14.3 Å². The van der Waals surface area contributed by atoms with Gasteiger partial charge in [0.1, 0.15) is 25.2 Å². The zero-order chi connectivity index (χ0) is 23.6. The zero-order valence-corrected chi connectivity index (χ0v) is 19.0. The number of rotatable bonds is 11. The zero-order valence-electron chi connectivity index (χ0n) is 19.0. The van der Waals surface area contributed by atoms with Crippen molar-refractivity contribution in [3.05, 3.63) is 70.8 Å². The van der Waals surface area contributed by atoms with Gasteiger partial charge in [0.2, 0.25) is 0 Å². The number of oxime groups is 1. The number of allylic oxidation sites excluding steroid dienone is 1. The summed E-state index contributed by atoms with van der Waals surface area (Å²) in [4.78, 5) is 4.33. The molecule has 2 aromatic rings. The first-order chi connectivity index (χ1) is 15.3. The summed E-state index contributed by atoms with van der Waals surface area (Å²) in [6.07, 6.45) is 1.77. The largest absolute Gasteiger partial charge is 0.493 e. The van der Waals surface area contributed by atoms with Gasteiger partial charge in [0.05, 0.1) is 6.61 Å². The standard InChI is InChI=1S/C25H30F3NO3/c1-5-6-14-31-22-16-18(2)23(19(3)17-22)32-15-8-7-9-20-10-12-21(13-11-20)24(29-30-4)25(26,27)28/h5-6,10-13,16-17H,7-9,14-15H2,1-4H3/b6-5+,29-24-. The van der Waals surface area contributed by atoms with Crippen LogP contribution < -0.4 is 9.47 Å². The highest BCUT2D eigenvalue weighted by Gasteiger charge is 2.37. The van der Waals surface area contributed by atoms with Crippen molar-refractivity contribution < 1.29 is 27.5 Å². The van der Waals surface area contributed by atoms with Gasteiger partial charge in [-0.05, 0) is 68.9 Å². The van der Waals surface area contributed by atoms with E-state index in [1.54, 1.807) is 12.1 Å². The lowest BCUT2D eigenvalue weighted by Crippen LogP contribution is -2.24. The lowest BCUT2D eigenvalue weighted by molar-refractivity contribution is -0.0608. The molecule has 0 heterocycles. The van der Waals surface area contributed by atoms with E-state index in [1.807, 2.05) is 45.1 Å². The van der Waals surface area contributed by atoms with Crippen molar-refractivity contribution in [1.82, 2.24) is 0 Å². The second-order valence-corrected chi connectivity index (χ2v) is 7.39. The van der Waals surface area contributed by atoms with Crippen LogP contribution in [0.15, 0.2) is 53.7 Å². The van der Waals surface area contributed by atoms with Crippen molar-refractivity contribution in [3.8, 4) is 11.5 Å². The van der Waals surface area contributed by atoms with Crippen molar-refractivity contribution in [3.63, 3.8) is 0 Å². The fourth-order valence-corrected chi connectivity index (χ4v) is 3.26. The fraction of sp³-hybridized carbons (Fsp3) is 0.400. The summed E-state index contributed by atoms with van der Waals surface area (Å²) in [6.45, 7) is 7.04. The van der Waals surface area contributed by atoms with E-state index >= 15 is 0 Å². The molecular weight excluding hydrogens is 419 g/mol. The normalized spacial score (nSPS) is 12.3. The Morgan fingerprint density at radius 2 is 1.66 bits per heavy atom. The van der Waals surface area contributed by atoms with Crippen molar-refractivity contribution in [2.75, 3.05) is 20.3 Å². The van der Waals surface area contributed by atoms with E-state index in [2.05, 4.69) is 9.99 Å². The van der Waals surface area contributed by atoms with E-state index in [4.69, 9.17) is 9.47 Å². The summed E-state index contributed by atoms with van der Waals surface area (Å²) in [5.41, 5.74) is 1.95. The van der Waals surface area contributed by atoms with Crippen molar-refractivity contribution in [2.24, 2.45) is 5.16 Å². The maximum Gasteiger partial charge on any atom is 0.437 e. The van der Waals surface area contributed by atoms with Crippen LogP contribution in [0.25, 0.3) is 0 Å². The molecule has 32 heavy (non-hydrogen) atoms. The lowest BCUT2D eigenvalue weighted by atomic mass is 10.0. The smallest absolute Gasteiger partial charge is 0.437 e. The summed E-state index contributed by atoms with van der Waals surface area (Å²) in [5, 5.41) is 3.11. The Balaban J connectivity index is 1.83. The SMILES string of the molecule is C/C=C/COc1cc(C)c(OCCCCc2ccc(/C(=N/OC)C(F)(F)F)cc2)c(C)c1. The topological polar surface area (TPSA) is 40.0 Å². The predicted octanol–water partition coefficient (Wildman–Crippen LogP) is 6.57. The molecule has 0 unspecified atom stereocenters. The molecule has 0 saturated heterocycles. The van der Waals surface area contributed by atoms with Crippen LogP contribution in [0.3, 0.4) is 0 Å². The number of nitrogens with zero attached hydrogens (tertiary/aromatic N) is 1. The molecule has 0 aliphatic heterocycles. The Morgan fingerprint density at radius 3 is 2.22 bits per heavy atom. The van der Waals surface area contributed by atoms with Gasteiger partial charge in [-0.3, -0.25) is 0 Å². The van der Waals surface area contributed by atoms with E-state index in [-0.39, 0.29) is 5.56 Å². The molecule has 0 saturated carbocycles. The highest BCUT2D eigenvalue weighted by molar-refractivity contribution is 6.04. The second kappa shape index (κ2) is 12.2. The minimum Gasteiger partial charge on any atom is -0.493 e. The minimum absolute atomic E-state index is 0.0180. The average molecular weight is 450 g/mol. The van der Waals surface area contributed by atoms with Gasteiger partial charge >= 0.3 is 6.18 Å². The van der Waals surface area contributed by atoms with Crippen molar-refractivity contribution in [2.45, 2.75) is 46.2 Å². The van der Waals surface area contributed by atoms with Crippen LogP contribution >= 0.6 is 0 Å². The van der Waals surface area contributed by atoms with Gasteiger partial charge in [0, 0.05) is 5.56 Å². The van der Waals surface area contributed by atoms with Gasteiger partial charge in [-0.15, -0.1) is 0 Å². The Hall–Kier alpha value is -2.96. The molecule has 0 aromatic heterocycles. The van der Waals surface area contributed by atoms with Crippen LogP contribution in [0.4, 0.5) is 13.2 Å². The number of ether oxygens (including phenoxy) is 2. The Bertz CT molecular complexity index is 896. The molecule has 174 valence electrons. The molecule has 4 nitrogen and oxygen atoms in total. The maximum absolute atomic E-state index is 13.0. The Kier molecular flexibility index (Phi) is 9.62. The molecule has 2 rings (SSSR count). The third-order valence-corrected chi connectivity index (χ3v) is 4.80. The van der Waals surface area contributed by atoms with Crippen LogP contribution in [0, 0.1) is 13.8 Å². The molecule has 7 heteroatoms. The number of hydrogen-bond acceptors (Lipinski definition) is 4. The maximum atomic E-state index is 13.0. The summed E-state index contributed by atoms with van der Waals surface area (Å²) in [5.74, 6) is 1.68. The van der Waals surface area contributed by atoms with E-state index in [9.17, 15) is 13.2 Å². The van der Waals surface area contributed by atoms with Crippen LogP contribution in [0.5, 0.6) is 11.5 Å². The molecule has 0 bridgehead atoms. The second-order valence-electron chi connectivity index (χ2n) is 7.39. The monoisotopic (exact) mass is 449 g/mol. The summed E-state index contributed by atoms with van der Waals surface area (Å²) in [7, 11) is 1.10. The first kappa shape index (κ1) is 25.3. The number of hydrogen-bond donors (Lipinski definition) is 0. The minimum atomic E-state index is -4.57. The molecule has 0 N–H and O–H groups in total. The molecule has 0 aliphatic rings. The number of unbranched alkanes of at least 4 members (excludes halogenated alkanes) is 1. The number of benzene rings is 2. The third kappa shape index (κ3) is 7.62. The van der Waals surface area contributed by atoms with E-state index < -0.39 is 11.9 Å². The van der Waals surface area contributed by atoms with Crippen LogP contribution in [-0.2, 0) is 11.3 Å². The molecule has 0 atom stereocenters. The van der Waals surface area contributed by atoms with Gasteiger partial charge in [-0.25, -0.2) is 0 Å². The Labute approximate surface area is 187 Å². The molecular formula is C25H30F3NO3. The lowest BCUT2D eigenvalue weighted by Gasteiger charge is -2.14. The van der Waals surface area contributed by atoms with Gasteiger partial charge in [0.15, 0.2) is 5.71 Å². The average Bonchev–Trinajstić information content (AvgIpc) is 2.73. The summed E-state index contributed by atoms with van der Waals surface area (Å²) in [6, 6.07) is 10.2. The molecule has 0 fully saturated rings. The number of alkyl halides is 3. The van der Waals surface area contributed by atoms with E-state index in [1.165, 1.54) is 12.1 Å². The molecule has 0 aliphatic carbocycles. The van der Waals surface area contributed by atoms with Crippen LogP contribution in [0.1, 0.15) is 42.0 Å². The molecule has 2 aromatic carbocycles. The summed E-state index contributed by atoms with van der Waals surface area (Å²) < 4.78 is 50.8. The summed E-state index contributed by atoms with van der Waals surface area (Å²) >= 11 is 0. The highest BCUT2D eigenvalue weighted by atomic mass is 19.4. The third-order valence-electron chi connectivity index (χ3n) is 4.80. The quantitative estimate of drug-likeness (QED) is 0.169. The van der Waals surface area contributed by atoms with Gasteiger partial charge in [-0.2, -0.15) is 13.2 Å². The van der Waals surface area contributed by atoms with Gasteiger partial charge in [0.25, 0.3) is 0 Å². The highest BCUT2D eigenvalue weighted by Crippen LogP contribution is 2.29. The van der Waals surface area contributed by atoms with Crippen molar-refractivity contribution >= 4 is 5.71 Å². The van der Waals surface area contributed by atoms with Crippen molar-refractivity contribution in [1.29, 1.82) is 0 Å². The number of aryl methyl sites for hydroxylation is 3. The number of halogens is 3. The van der Waals surface area contributed by atoms with Crippen LogP contribution in [0.2, 0.25) is 0 Å². The fourth-order valence-electron chi connectivity index (χ4n) is 3.26. The van der Waals surface area contributed by atoms with E-state index in [0.717, 1.165) is 54.6 Å². The molecule has 0 spiro atoms. The van der Waals surface area contributed by atoms with Crippen LogP contribution in [-0.4, -0.2) is 32.2 Å². The molecule has 0 amide bonds. The first-order valence-corrected chi connectivity index (χ1v) is 10.5. The first-order valence-electron chi connectivity index (χ1n) is 10.5. The predicted molar refractivity (Wildman–Crippen MR) is 121 cm³/mol. The Morgan fingerprint density at radius 1 is 1.00 bits per heavy atom.